The van der Waals surface area contributed by atoms with Gasteiger partial charge in [0.2, 0.25) is 48.4 Å². The average molecular weight is 2180 g/mol. The Hall–Kier alpha value is -13.2. The SMILES string of the molecule is COC(=O)C1O[C@@H](Oc2ccc(CSP3(=O)OC[C@H]4O[C@@H](n5cnc6c(=O)[nH]cnc65)[C@H](F)[C@@H]4OP(=O)(SCc4ccc(O[C@@H]5OC(C(=O)OC)[C@@H](OC(C)=O)C(OC(C)=O)C5OC(C)=O)c(NC(=O)CCCCCNC(=O)CCCCCN5C(=O)C=CC5=O)c4)OC[C@H]4O[C@@H](n5cnc6c(N)ncnc65)[C@H](F)[C@@H]4O3)cc2NC(=O)CCCCCNC(=O)CCCCCN2C(=O)C=CC2=O)C(OC(C)=O)C(OC(C)=O)[C@@H]1OC(C)=O. The Kier molecular flexibility index (Phi) is 39.9. The number of ether oxygens (including phenoxy) is 14. The van der Waals surface area contributed by atoms with Crippen molar-refractivity contribution in [3.8, 4) is 11.5 Å². The molecule has 6 aromatic rings. The van der Waals surface area contributed by atoms with Crippen LogP contribution in [0.5, 0.6) is 11.5 Å². The molecule has 0 bridgehead atoms. The number of anilines is 3. The van der Waals surface area contributed by atoms with Gasteiger partial charge in [-0.15, -0.1) is 0 Å². The lowest BCUT2D eigenvalue weighted by molar-refractivity contribution is -0.282. The van der Waals surface area contributed by atoms with Crippen LogP contribution in [-0.2, 0) is 172 Å². The summed E-state index contributed by atoms with van der Waals surface area (Å²) in [6, 6.07) is 7.72. The number of alkyl halides is 2. The van der Waals surface area contributed by atoms with Gasteiger partial charge < -0.3 is 98.3 Å². The van der Waals surface area contributed by atoms with E-state index in [1.54, 1.807) is 0 Å². The summed E-state index contributed by atoms with van der Waals surface area (Å²) in [5.74, 6) is -14.0. The van der Waals surface area contributed by atoms with Gasteiger partial charge in [0.25, 0.3) is 29.2 Å². The zero-order chi connectivity index (χ0) is 108. The van der Waals surface area contributed by atoms with Crippen molar-refractivity contribution in [2.75, 3.05) is 70.0 Å². The molecule has 150 heavy (non-hydrogen) atoms. The Bertz CT molecular complexity index is 6220. The average Bonchev–Trinajstić information content (AvgIpc) is 1.56. The zero-order valence-electron chi connectivity index (χ0n) is 82.1. The number of esters is 8. The van der Waals surface area contributed by atoms with Crippen LogP contribution in [-0.4, -0.2) is 296 Å². The van der Waals surface area contributed by atoms with Crippen LogP contribution in [0.4, 0.5) is 26.0 Å². The normalized spacial score (nSPS) is 26.1. The number of H-pyrrole nitrogens is 1. The largest absolute Gasteiger partial charge is 0.467 e. The molecule has 0 spiro atoms. The van der Waals surface area contributed by atoms with E-state index in [4.69, 9.17) is 90.1 Å². The Morgan fingerprint density at radius 1 is 0.460 bits per heavy atom. The molecule has 8 amide bonds. The maximum Gasteiger partial charge on any atom is 0.389 e. The predicted molar refractivity (Wildman–Crippen MR) is 513 cm³/mol. The smallest absolute Gasteiger partial charge is 0.389 e. The number of unbranched alkanes of at least 4 members (excludes halogenated alkanes) is 8. The number of nitrogens with zero attached hydrogens (tertiary/aromatic N) is 9. The number of benzene rings is 2. The van der Waals surface area contributed by atoms with Gasteiger partial charge in [-0.2, -0.15) is 0 Å². The van der Waals surface area contributed by atoms with Crippen molar-refractivity contribution in [3.63, 3.8) is 0 Å². The Morgan fingerprint density at radius 2 is 0.833 bits per heavy atom. The first-order chi connectivity index (χ1) is 71.7. The van der Waals surface area contributed by atoms with E-state index in [2.05, 4.69) is 51.2 Å². The number of rotatable bonds is 46. The summed E-state index contributed by atoms with van der Waals surface area (Å²) in [7, 11) is 1.92. The molecule has 5 saturated heterocycles. The summed E-state index contributed by atoms with van der Waals surface area (Å²) in [5, 5.41) is 11.2. The number of carbonyl (C=O) groups excluding carboxylic acids is 16. The standard InChI is InChI=1S/C92H111F2N15O37P2S2/c1-47(110)133-75-77(135-49(3)112)81(137-51(5)114)91(143-79(75)89(125)129-7)141-57-27-25-53(37-55(57)104-63(118)23-13-9-17-33-96-61(116)21-15-11-19-35-106-65(120)29-30-66(106)121)41-149-147(127)132-40-60-74(70(94)88(140-60)109-46-103-72-85(109)100-44-101-86(72)124)146-148(128,131-39-59-73(145-147)69(93)87(139-59)108-45-102-71-83(95)98-43-99-84(71)108)150-42-54-26-28-58(142-92-82(138-52(6)115)78(136-50(4)113)76(134-48(2)111)80(144-92)90(126)130-8)56(38-54)105-64(119)24-14-10-18-34-97-62(117)22-16-12-20-36-107-67(122)31-32-68(107)123/h25-32,37-38,43-46,59-60,69-70,73-82,87-88,91-92H,9-24,33-36,39-42H2,1-8H3,(H,96,116)(H,97,117)(H,104,118)(H,105,119)(H2,95,98,99)(H,100,101,124)/t59-,60-,69-,70-,73-,74-,75+,76+,77?,78?,79?,80?,81?,82?,87-,88-,91-,92-,147?,148?/m1/s1. The van der Waals surface area contributed by atoms with Crippen molar-refractivity contribution in [2.45, 2.75) is 266 Å². The summed E-state index contributed by atoms with van der Waals surface area (Å²) in [4.78, 5) is 245. The van der Waals surface area contributed by atoms with Gasteiger partial charge in [0.15, 0.2) is 84.1 Å². The number of carbonyl (C=O) groups is 16. The lowest BCUT2D eigenvalue weighted by atomic mass is 9.97. The molecule has 52 nitrogen and oxygen atoms in total. The van der Waals surface area contributed by atoms with Gasteiger partial charge in [0, 0.05) is 129 Å². The van der Waals surface area contributed by atoms with Gasteiger partial charge in [-0.25, -0.2) is 52.4 Å². The number of methoxy groups -OCH3 is 2. The molecule has 58 heteroatoms. The number of fused-ring (bicyclic) bond motifs is 4. The Labute approximate surface area is 860 Å². The first-order valence-electron chi connectivity index (χ1n) is 47.6. The van der Waals surface area contributed by atoms with Crippen molar-refractivity contribution in [1.82, 2.24) is 59.5 Å². The molecular weight excluding hydrogens is 2070 g/mol. The van der Waals surface area contributed by atoms with Crippen molar-refractivity contribution in [3.05, 3.63) is 107 Å². The number of nitrogens with two attached hydrogens (primary N) is 1. The van der Waals surface area contributed by atoms with Crippen LogP contribution >= 0.6 is 36.4 Å². The highest BCUT2D eigenvalue weighted by atomic mass is 32.7. The fourth-order valence-electron chi connectivity index (χ4n) is 16.9. The fraction of sp³-hybridized carbons (Fsp3) is 0.543. The molecule has 11 heterocycles. The molecule has 4 aromatic heterocycles. The lowest BCUT2D eigenvalue weighted by Gasteiger charge is -2.43. The molecule has 0 radical (unpaired) electrons. The summed E-state index contributed by atoms with van der Waals surface area (Å²) in [5.41, 5.74) is 4.44. The van der Waals surface area contributed by atoms with Crippen LogP contribution in [0.15, 0.2) is 90.8 Å². The topological polar surface area (TPSA) is 661 Å². The minimum Gasteiger partial charge on any atom is -0.467 e. The van der Waals surface area contributed by atoms with E-state index < -0.39 is 238 Å². The van der Waals surface area contributed by atoms with Gasteiger partial charge in [0.05, 0.1) is 57.8 Å². The van der Waals surface area contributed by atoms with Gasteiger partial charge in [0.1, 0.15) is 47.8 Å². The fourth-order valence-corrected chi connectivity index (χ4v) is 23.7. The molecule has 8 unspecified atom stereocenters. The third kappa shape index (κ3) is 29.8. The van der Waals surface area contributed by atoms with Crippen LogP contribution in [0.3, 0.4) is 0 Å². The minimum atomic E-state index is -5.23. The van der Waals surface area contributed by atoms with E-state index in [9.17, 15) is 81.5 Å². The number of nitrogen functional groups attached to an aromatic ring is 1. The number of hydrogen-bond acceptors (Lipinski definition) is 45. The van der Waals surface area contributed by atoms with Crippen molar-refractivity contribution < 1.29 is 179 Å². The summed E-state index contributed by atoms with van der Waals surface area (Å²) in [6.07, 6.45) is -22.4. The third-order valence-corrected chi connectivity index (χ3v) is 31.2. The second kappa shape index (κ2) is 52.5. The van der Waals surface area contributed by atoms with Crippen molar-refractivity contribution >= 4 is 171 Å². The monoisotopic (exact) mass is 2180 g/mol. The molecule has 7 N–H and O–H groups in total. The number of nitrogens with one attached hydrogen (secondary N) is 5. The number of aromatic nitrogens is 8. The molecule has 13 rings (SSSR count). The number of aromatic amines is 1. The van der Waals surface area contributed by atoms with Crippen LogP contribution in [0, 0.1) is 0 Å². The minimum absolute atomic E-state index is 0.0415. The van der Waals surface area contributed by atoms with E-state index >= 15 is 17.9 Å². The van der Waals surface area contributed by atoms with Crippen LogP contribution in [0.2, 0.25) is 0 Å². The summed E-state index contributed by atoms with van der Waals surface area (Å²) >= 11 is 0.735. The predicted octanol–water partition coefficient (Wildman–Crippen LogP) is 6.26. The van der Waals surface area contributed by atoms with E-state index in [1.165, 1.54) is 60.7 Å². The second-order valence-electron chi connectivity index (χ2n) is 34.9. The van der Waals surface area contributed by atoms with E-state index in [1.807, 2.05) is 0 Å². The zero-order valence-corrected chi connectivity index (χ0v) is 85.5. The highest BCUT2D eigenvalue weighted by Gasteiger charge is 2.60. The summed E-state index contributed by atoms with van der Waals surface area (Å²) in [6.45, 7) is -6.01. The maximum absolute atomic E-state index is 18.4. The Morgan fingerprint density at radius 3 is 1.23 bits per heavy atom. The van der Waals surface area contributed by atoms with Gasteiger partial charge >= 0.3 is 61.3 Å². The highest BCUT2D eigenvalue weighted by Crippen LogP contribution is 2.68. The molecular formula is C92H111F2N15O37P2S2. The second-order valence-corrected chi connectivity index (χ2v) is 43.0. The molecule has 7 aliphatic rings. The van der Waals surface area contributed by atoms with Crippen LogP contribution in [0.25, 0.3) is 22.3 Å². The van der Waals surface area contributed by atoms with E-state index in [-0.39, 0.29) is 139 Å². The highest BCUT2D eigenvalue weighted by molar-refractivity contribution is 8.55. The van der Waals surface area contributed by atoms with Crippen molar-refractivity contribution in [2.24, 2.45) is 0 Å². The van der Waals surface area contributed by atoms with E-state index in [0.29, 0.717) is 87.0 Å². The molecule has 5 fully saturated rings. The number of imidazole rings is 2. The number of hydrogen-bond donors (Lipinski definition) is 6. The first kappa shape index (κ1) is 114. The first-order valence-corrected chi connectivity index (χ1v) is 53.8. The number of amides is 8. The van der Waals surface area contributed by atoms with Crippen LogP contribution < -0.4 is 42.0 Å². The van der Waals surface area contributed by atoms with Crippen molar-refractivity contribution in [1.29, 1.82) is 0 Å². The van der Waals surface area contributed by atoms with Gasteiger partial charge in [-0.1, -0.05) is 37.8 Å². The van der Waals surface area contributed by atoms with Crippen LogP contribution in [0.1, 0.15) is 168 Å². The number of imide groups is 2. The van der Waals surface area contributed by atoms with E-state index in [0.717, 1.165) is 100 Å². The molecule has 7 aliphatic heterocycles. The van der Waals surface area contributed by atoms with Gasteiger partial charge in [-0.05, 0) is 110 Å². The molecule has 0 aliphatic carbocycles. The quantitative estimate of drug-likeness (QED) is 0.00807. The number of halogens is 2. The molecule has 20 atom stereocenters. The Balaban J connectivity index is 0.801. The van der Waals surface area contributed by atoms with Gasteiger partial charge in [-0.3, -0.25) is 109 Å². The molecule has 812 valence electrons. The maximum atomic E-state index is 18.4. The molecule has 2 aromatic carbocycles. The molecule has 0 saturated carbocycles. The summed E-state index contributed by atoms with van der Waals surface area (Å²) < 4.78 is 179. The lowest BCUT2D eigenvalue weighted by Crippen LogP contribution is -2.64. The third-order valence-electron chi connectivity index (χ3n) is 23.9.